The molecule has 0 radical (unpaired) electrons. The molecule has 0 aliphatic carbocycles. The minimum absolute atomic E-state index is 0.162. The van der Waals surface area contributed by atoms with Gasteiger partial charge in [-0.2, -0.15) is 0 Å². The van der Waals surface area contributed by atoms with Gasteiger partial charge in [-0.3, -0.25) is 4.79 Å². The van der Waals surface area contributed by atoms with E-state index < -0.39 is 0 Å². The molecule has 0 spiro atoms. The highest BCUT2D eigenvalue weighted by molar-refractivity contribution is 6.02. The Balaban J connectivity index is 2.32. The van der Waals surface area contributed by atoms with Crippen molar-refractivity contribution in [3.8, 4) is 11.1 Å². The van der Waals surface area contributed by atoms with Crippen LogP contribution in [0.5, 0.6) is 0 Å². The third kappa shape index (κ3) is 3.61. The van der Waals surface area contributed by atoms with E-state index in [1.54, 1.807) is 12.1 Å². The summed E-state index contributed by atoms with van der Waals surface area (Å²) in [5, 5.41) is 0. The molecule has 0 amide bonds. The van der Waals surface area contributed by atoms with Gasteiger partial charge in [-0.25, -0.2) is 4.79 Å². The molecule has 2 aromatic carbocycles. The average Bonchev–Trinajstić information content (AvgIpc) is 2.59. The number of hydrogen-bond donors (Lipinski definition) is 0. The Kier molecular flexibility index (Phi) is 5.48. The van der Waals surface area contributed by atoms with Crippen molar-refractivity contribution in [1.29, 1.82) is 0 Å². The molecule has 2 aromatic rings. The monoisotopic (exact) mass is 296 g/mol. The molecule has 114 valence electrons. The van der Waals surface area contributed by atoms with E-state index in [0.717, 1.165) is 29.5 Å². The van der Waals surface area contributed by atoms with E-state index in [0.29, 0.717) is 12.0 Å². The average molecular weight is 296 g/mol. The summed E-state index contributed by atoms with van der Waals surface area (Å²) in [7, 11) is 1.36. The standard InChI is InChI=1S/C19H20O3/c1-3-4-9-18(20)17-8-6-5-7-16(17)14-10-12-15(13-11-14)19(21)22-2/h5-8,10-13H,3-4,9H2,1-2H3. The number of ketones is 1. The van der Waals surface area contributed by atoms with Crippen LogP contribution in [0, 0.1) is 0 Å². The topological polar surface area (TPSA) is 43.4 Å². The van der Waals surface area contributed by atoms with Crippen LogP contribution in [0.25, 0.3) is 11.1 Å². The lowest BCUT2D eigenvalue weighted by molar-refractivity contribution is 0.0600. The summed E-state index contributed by atoms with van der Waals surface area (Å²) in [6.07, 6.45) is 2.46. The van der Waals surface area contributed by atoms with Gasteiger partial charge in [0.25, 0.3) is 0 Å². The van der Waals surface area contributed by atoms with E-state index in [2.05, 4.69) is 6.92 Å². The van der Waals surface area contributed by atoms with Crippen molar-refractivity contribution in [3.05, 3.63) is 59.7 Å². The Morgan fingerprint density at radius 2 is 1.68 bits per heavy atom. The van der Waals surface area contributed by atoms with Crippen molar-refractivity contribution >= 4 is 11.8 Å². The minimum atomic E-state index is -0.362. The molecule has 0 aliphatic heterocycles. The normalized spacial score (nSPS) is 10.3. The maximum Gasteiger partial charge on any atom is 0.337 e. The molecule has 0 unspecified atom stereocenters. The van der Waals surface area contributed by atoms with Gasteiger partial charge in [0, 0.05) is 12.0 Å². The maximum atomic E-state index is 12.3. The molecule has 0 saturated heterocycles. The molecule has 0 aromatic heterocycles. The second-order valence-corrected chi connectivity index (χ2v) is 5.14. The number of unbranched alkanes of at least 4 members (excludes halogenated alkanes) is 1. The van der Waals surface area contributed by atoms with Crippen molar-refractivity contribution in [3.63, 3.8) is 0 Å². The molecule has 0 N–H and O–H groups in total. The van der Waals surface area contributed by atoms with Crippen molar-refractivity contribution < 1.29 is 14.3 Å². The number of Topliss-reactive ketones (excluding diaryl/α,β-unsaturated/α-hetero) is 1. The first-order chi connectivity index (χ1) is 10.7. The van der Waals surface area contributed by atoms with E-state index in [-0.39, 0.29) is 11.8 Å². The molecule has 0 heterocycles. The van der Waals surface area contributed by atoms with Gasteiger partial charge in [0.05, 0.1) is 12.7 Å². The molecule has 3 heteroatoms. The molecule has 0 saturated carbocycles. The highest BCUT2D eigenvalue weighted by atomic mass is 16.5. The zero-order chi connectivity index (χ0) is 15.9. The summed E-state index contributed by atoms with van der Waals surface area (Å²) >= 11 is 0. The van der Waals surface area contributed by atoms with Gasteiger partial charge in [-0.1, -0.05) is 49.7 Å². The van der Waals surface area contributed by atoms with Crippen molar-refractivity contribution in [1.82, 2.24) is 0 Å². The number of carbonyl (C=O) groups excluding carboxylic acids is 2. The number of ether oxygens (including phenoxy) is 1. The molecule has 22 heavy (non-hydrogen) atoms. The number of esters is 1. The second-order valence-electron chi connectivity index (χ2n) is 5.14. The third-order valence-corrected chi connectivity index (χ3v) is 3.60. The second kappa shape index (κ2) is 7.55. The fraction of sp³-hybridized carbons (Fsp3) is 0.263. The Hall–Kier alpha value is -2.42. The van der Waals surface area contributed by atoms with Crippen LogP contribution >= 0.6 is 0 Å². The lowest BCUT2D eigenvalue weighted by Crippen LogP contribution is -2.02. The summed E-state index contributed by atoms with van der Waals surface area (Å²) in [4.78, 5) is 23.8. The molecule has 2 rings (SSSR count). The smallest absolute Gasteiger partial charge is 0.337 e. The van der Waals surface area contributed by atoms with E-state index in [4.69, 9.17) is 4.74 Å². The minimum Gasteiger partial charge on any atom is -0.465 e. The van der Waals surface area contributed by atoms with Gasteiger partial charge in [0.2, 0.25) is 0 Å². The third-order valence-electron chi connectivity index (χ3n) is 3.60. The first-order valence-corrected chi connectivity index (χ1v) is 7.48. The number of hydrogen-bond acceptors (Lipinski definition) is 3. The van der Waals surface area contributed by atoms with E-state index >= 15 is 0 Å². The van der Waals surface area contributed by atoms with Crippen LogP contribution in [-0.2, 0) is 4.74 Å². The van der Waals surface area contributed by atoms with E-state index in [1.807, 2.05) is 36.4 Å². The fourth-order valence-electron chi connectivity index (χ4n) is 2.35. The van der Waals surface area contributed by atoms with Crippen molar-refractivity contribution in [2.24, 2.45) is 0 Å². The zero-order valence-electron chi connectivity index (χ0n) is 13.0. The molecular weight excluding hydrogens is 276 g/mol. The van der Waals surface area contributed by atoms with Gasteiger partial charge in [-0.05, 0) is 29.7 Å². The van der Waals surface area contributed by atoms with Crippen LogP contribution in [0.15, 0.2) is 48.5 Å². The Morgan fingerprint density at radius 3 is 2.32 bits per heavy atom. The predicted molar refractivity (Wildman–Crippen MR) is 87.1 cm³/mol. The quantitative estimate of drug-likeness (QED) is 0.581. The van der Waals surface area contributed by atoms with Crippen LogP contribution in [0.4, 0.5) is 0 Å². The van der Waals surface area contributed by atoms with Gasteiger partial charge in [0.1, 0.15) is 0 Å². The van der Waals surface area contributed by atoms with Crippen LogP contribution in [0.3, 0.4) is 0 Å². The van der Waals surface area contributed by atoms with Gasteiger partial charge < -0.3 is 4.74 Å². The Morgan fingerprint density at radius 1 is 1.00 bits per heavy atom. The van der Waals surface area contributed by atoms with Crippen molar-refractivity contribution in [2.45, 2.75) is 26.2 Å². The largest absolute Gasteiger partial charge is 0.465 e. The fourth-order valence-corrected chi connectivity index (χ4v) is 2.35. The lowest BCUT2D eigenvalue weighted by atomic mass is 9.94. The zero-order valence-corrected chi connectivity index (χ0v) is 13.0. The summed E-state index contributed by atoms with van der Waals surface area (Å²) in [6.45, 7) is 2.07. The molecule has 0 atom stereocenters. The molecular formula is C19H20O3. The van der Waals surface area contributed by atoms with Gasteiger partial charge >= 0.3 is 5.97 Å². The molecule has 0 bridgehead atoms. The predicted octanol–water partition coefficient (Wildman–Crippen LogP) is 4.51. The Labute approximate surface area is 130 Å². The van der Waals surface area contributed by atoms with E-state index in [9.17, 15) is 9.59 Å². The number of benzene rings is 2. The summed E-state index contributed by atoms with van der Waals surface area (Å²) in [5.41, 5.74) is 3.07. The van der Waals surface area contributed by atoms with Gasteiger partial charge in [0.15, 0.2) is 5.78 Å². The number of rotatable bonds is 6. The van der Waals surface area contributed by atoms with Crippen LogP contribution in [0.1, 0.15) is 46.9 Å². The molecule has 0 fully saturated rings. The highest BCUT2D eigenvalue weighted by Crippen LogP contribution is 2.25. The number of carbonyl (C=O) groups is 2. The summed E-state index contributed by atoms with van der Waals surface area (Å²) in [6, 6.07) is 14.7. The van der Waals surface area contributed by atoms with Crippen LogP contribution in [0.2, 0.25) is 0 Å². The molecule has 3 nitrogen and oxygen atoms in total. The number of methoxy groups -OCH3 is 1. The Bertz CT molecular complexity index is 657. The van der Waals surface area contributed by atoms with Crippen LogP contribution < -0.4 is 0 Å². The first kappa shape index (κ1) is 16.0. The van der Waals surface area contributed by atoms with Crippen LogP contribution in [-0.4, -0.2) is 18.9 Å². The SMILES string of the molecule is CCCCC(=O)c1ccccc1-c1ccc(C(=O)OC)cc1. The maximum absolute atomic E-state index is 12.3. The van der Waals surface area contributed by atoms with Gasteiger partial charge in [-0.15, -0.1) is 0 Å². The summed E-state index contributed by atoms with van der Waals surface area (Å²) < 4.78 is 4.70. The lowest BCUT2D eigenvalue weighted by Gasteiger charge is -2.09. The van der Waals surface area contributed by atoms with E-state index in [1.165, 1.54) is 7.11 Å². The summed E-state index contributed by atoms with van der Waals surface area (Å²) in [5.74, 6) is -0.201. The molecule has 0 aliphatic rings. The van der Waals surface area contributed by atoms with Crippen molar-refractivity contribution in [2.75, 3.05) is 7.11 Å². The first-order valence-electron chi connectivity index (χ1n) is 7.48. The highest BCUT2D eigenvalue weighted by Gasteiger charge is 2.12.